The summed E-state index contributed by atoms with van der Waals surface area (Å²) in [7, 11) is 1.18. The van der Waals surface area contributed by atoms with Gasteiger partial charge in [0, 0.05) is 12.6 Å². The highest BCUT2D eigenvalue weighted by Gasteiger charge is 2.33. The van der Waals surface area contributed by atoms with Crippen LogP contribution in [0.1, 0.15) is 6.42 Å². The van der Waals surface area contributed by atoms with Crippen molar-refractivity contribution < 1.29 is 14.7 Å². The molecule has 7 nitrogen and oxygen atoms in total. The van der Waals surface area contributed by atoms with Gasteiger partial charge in [-0.15, -0.1) is 0 Å². The first-order valence-corrected chi connectivity index (χ1v) is 4.21. The zero-order chi connectivity index (χ0) is 10.7. The van der Waals surface area contributed by atoms with Crippen LogP contribution in [0.4, 0.5) is 0 Å². The summed E-state index contributed by atoms with van der Waals surface area (Å²) in [5, 5.41) is 30.8. The summed E-state index contributed by atoms with van der Waals surface area (Å²) >= 11 is 0. The molecular formula is C7H12N2O5-2. The molecular weight excluding hydrogens is 192 g/mol. The van der Waals surface area contributed by atoms with Crippen LogP contribution in [0, 0.1) is 16.3 Å². The Balaban J connectivity index is 2.68. The van der Waals surface area contributed by atoms with Crippen molar-refractivity contribution in [3.05, 3.63) is 10.4 Å². The molecule has 1 N–H and O–H groups in total. The van der Waals surface area contributed by atoms with Gasteiger partial charge in [0.2, 0.25) is 0 Å². The van der Waals surface area contributed by atoms with Gasteiger partial charge in [-0.2, -0.15) is 0 Å². The zero-order valence-electron chi connectivity index (χ0n) is 7.75. The first-order chi connectivity index (χ1) is 6.56. The Bertz CT molecular complexity index is 210. The van der Waals surface area contributed by atoms with E-state index in [9.17, 15) is 15.2 Å². The fourth-order valence-corrected chi connectivity index (χ4v) is 1.56. The number of piperidine rings is 1. The predicted octanol–water partition coefficient (Wildman–Crippen LogP) is -0.463. The molecule has 1 saturated heterocycles. The van der Waals surface area contributed by atoms with Gasteiger partial charge in [-0.25, -0.2) is 0 Å². The second-order valence-corrected chi connectivity index (χ2v) is 3.18. The summed E-state index contributed by atoms with van der Waals surface area (Å²) in [6.07, 6.45) is 0.156. The monoisotopic (exact) mass is 204 g/mol. The number of esters is 1. The minimum atomic E-state index is -0.882. The molecule has 1 heterocycles. The maximum atomic E-state index is 11.2. The van der Waals surface area contributed by atoms with Crippen molar-refractivity contribution in [2.24, 2.45) is 5.92 Å². The first-order valence-electron chi connectivity index (χ1n) is 4.21. The van der Waals surface area contributed by atoms with Crippen LogP contribution in [0.5, 0.6) is 0 Å². The quantitative estimate of drug-likeness (QED) is 0.479. The molecule has 0 spiro atoms. The van der Waals surface area contributed by atoms with Crippen molar-refractivity contribution in [3.63, 3.8) is 0 Å². The van der Waals surface area contributed by atoms with Crippen LogP contribution in [0.2, 0.25) is 0 Å². The second kappa shape index (κ2) is 4.67. The highest BCUT2D eigenvalue weighted by Crippen LogP contribution is 2.21. The topological polar surface area (TPSA) is 99.1 Å². The summed E-state index contributed by atoms with van der Waals surface area (Å²) in [6, 6.07) is -0.882. The largest absolute Gasteiger partial charge is 0.785 e. The van der Waals surface area contributed by atoms with Crippen molar-refractivity contribution >= 4 is 5.97 Å². The number of methoxy groups -OCH3 is 1. The summed E-state index contributed by atoms with van der Waals surface area (Å²) in [5.74, 6) is -1.53. The molecule has 0 aromatic heterocycles. The van der Waals surface area contributed by atoms with E-state index in [0.29, 0.717) is 5.06 Å². The third kappa shape index (κ3) is 2.40. The number of nitrogens with zero attached hydrogens (tertiary/aromatic N) is 2. The Morgan fingerprint density at radius 2 is 2.36 bits per heavy atom. The van der Waals surface area contributed by atoms with Crippen molar-refractivity contribution in [1.29, 1.82) is 0 Å². The van der Waals surface area contributed by atoms with Gasteiger partial charge in [-0.05, 0) is 13.0 Å². The number of rotatable bonds is 2. The van der Waals surface area contributed by atoms with Gasteiger partial charge >= 0.3 is 5.97 Å². The highest BCUT2D eigenvalue weighted by molar-refractivity contribution is 5.73. The lowest BCUT2D eigenvalue weighted by atomic mass is 9.94. The van der Waals surface area contributed by atoms with E-state index >= 15 is 0 Å². The van der Waals surface area contributed by atoms with Gasteiger partial charge in [0.15, 0.2) is 0 Å². The summed E-state index contributed by atoms with van der Waals surface area (Å²) < 4.78 is 4.44. The Hall–Kier alpha value is -0.730. The zero-order valence-corrected chi connectivity index (χ0v) is 7.75. The van der Waals surface area contributed by atoms with Gasteiger partial charge in [-0.3, -0.25) is 10.0 Å². The molecule has 0 aromatic rings. The van der Waals surface area contributed by atoms with Crippen LogP contribution in [-0.4, -0.2) is 47.7 Å². The van der Waals surface area contributed by atoms with Crippen molar-refractivity contribution in [2.75, 3.05) is 20.2 Å². The second-order valence-electron chi connectivity index (χ2n) is 3.18. The number of hydrogen-bond donors (Lipinski definition) is 1. The van der Waals surface area contributed by atoms with Gasteiger partial charge in [0.25, 0.3) is 0 Å². The van der Waals surface area contributed by atoms with E-state index in [4.69, 9.17) is 5.21 Å². The maximum absolute atomic E-state index is 11.2. The molecule has 0 amide bonds. The van der Waals surface area contributed by atoms with E-state index in [2.05, 4.69) is 4.74 Å². The first kappa shape index (κ1) is 11.3. The molecule has 1 fully saturated rings. The molecule has 0 aromatic carbocycles. The van der Waals surface area contributed by atoms with E-state index in [0.717, 1.165) is 0 Å². The molecule has 7 heteroatoms. The van der Waals surface area contributed by atoms with E-state index < -0.39 is 17.9 Å². The maximum Gasteiger partial charge on any atom is 0.311 e. The lowest BCUT2D eigenvalue weighted by molar-refractivity contribution is -0.161. The number of carbonyl (C=O) groups excluding carboxylic acids is 1. The fourth-order valence-electron chi connectivity index (χ4n) is 1.56. The van der Waals surface area contributed by atoms with Crippen LogP contribution < -0.4 is 0 Å². The Kier molecular flexibility index (Phi) is 3.78. The Morgan fingerprint density at radius 3 is 2.86 bits per heavy atom. The standard InChI is InChI=1S/C7H12N2O5/c1-14-7(10)5-4-8(11)3-2-6(5)9(12)13/h5-6,12H,2-4H2,1H3/q-2. The molecule has 82 valence electrons. The Labute approximate surface area is 81.0 Å². The van der Waals surface area contributed by atoms with Crippen LogP contribution >= 0.6 is 0 Å². The summed E-state index contributed by atoms with van der Waals surface area (Å²) in [4.78, 5) is 11.2. The van der Waals surface area contributed by atoms with Gasteiger partial charge in [0.1, 0.15) is 0 Å². The van der Waals surface area contributed by atoms with Crippen LogP contribution in [0.15, 0.2) is 0 Å². The van der Waals surface area contributed by atoms with Gasteiger partial charge in [-0.1, -0.05) is 0 Å². The molecule has 1 rings (SSSR count). The molecule has 0 aliphatic carbocycles. The predicted molar refractivity (Wildman–Crippen MR) is 45.8 cm³/mol. The smallest absolute Gasteiger partial charge is 0.311 e. The Morgan fingerprint density at radius 1 is 1.71 bits per heavy atom. The van der Waals surface area contributed by atoms with Crippen molar-refractivity contribution in [1.82, 2.24) is 10.3 Å². The van der Waals surface area contributed by atoms with E-state index in [1.54, 1.807) is 0 Å². The van der Waals surface area contributed by atoms with E-state index in [1.807, 2.05) is 0 Å². The van der Waals surface area contributed by atoms with Crippen molar-refractivity contribution in [2.45, 2.75) is 12.5 Å². The molecule has 0 bridgehead atoms. The average Bonchev–Trinajstić information content (AvgIpc) is 2.16. The fraction of sp³-hybridized carbons (Fsp3) is 0.857. The molecule has 14 heavy (non-hydrogen) atoms. The number of hydroxylamine groups is 4. The molecule has 0 saturated carbocycles. The summed E-state index contributed by atoms with van der Waals surface area (Å²) in [5.41, 5.74) is 0. The average molecular weight is 204 g/mol. The van der Waals surface area contributed by atoms with Gasteiger partial charge in [0.05, 0.1) is 13.0 Å². The number of ether oxygens (including phenoxy) is 1. The minimum absolute atomic E-state index is 0.114. The molecule has 2 atom stereocenters. The third-order valence-electron chi connectivity index (χ3n) is 2.33. The third-order valence-corrected chi connectivity index (χ3v) is 2.33. The normalized spacial score (nSPS) is 29.2. The minimum Gasteiger partial charge on any atom is -0.785 e. The lowest BCUT2D eigenvalue weighted by Crippen LogP contribution is -2.50. The lowest BCUT2D eigenvalue weighted by Gasteiger charge is -2.45. The SMILES string of the molecule is COC(=O)C1CN([O-])CCC1N([O-])O. The number of carbonyl (C=O) groups is 1. The van der Waals surface area contributed by atoms with Crippen molar-refractivity contribution in [3.8, 4) is 0 Å². The van der Waals surface area contributed by atoms with Crippen LogP contribution in [-0.2, 0) is 9.53 Å². The molecule has 2 unspecified atom stereocenters. The number of hydrogen-bond acceptors (Lipinski definition) is 7. The summed E-state index contributed by atoms with van der Waals surface area (Å²) in [6.45, 7) is 0.0219. The highest BCUT2D eigenvalue weighted by atomic mass is 16.8. The van der Waals surface area contributed by atoms with Gasteiger partial charge < -0.3 is 25.4 Å². The van der Waals surface area contributed by atoms with E-state index in [1.165, 1.54) is 7.11 Å². The molecule has 1 aliphatic heterocycles. The molecule has 1 aliphatic rings. The van der Waals surface area contributed by atoms with Crippen LogP contribution in [0.3, 0.4) is 0 Å². The molecule has 0 radical (unpaired) electrons. The van der Waals surface area contributed by atoms with E-state index in [-0.39, 0.29) is 24.7 Å². The van der Waals surface area contributed by atoms with Crippen LogP contribution in [0.25, 0.3) is 0 Å².